The Kier molecular flexibility index (Phi) is 7.39. The quantitative estimate of drug-likeness (QED) is 0.411. The lowest BCUT2D eigenvalue weighted by Crippen LogP contribution is -2.58. The van der Waals surface area contributed by atoms with E-state index >= 15 is 0 Å². The van der Waals surface area contributed by atoms with E-state index in [2.05, 4.69) is 10.0 Å². The van der Waals surface area contributed by atoms with Crippen molar-refractivity contribution in [2.24, 2.45) is 5.11 Å². The van der Waals surface area contributed by atoms with Gasteiger partial charge in [-0.25, -0.2) is 0 Å². The number of nitrogens with zero attached hydrogens (tertiary/aromatic N) is 3. The molecule has 0 amide bonds. The van der Waals surface area contributed by atoms with Crippen LogP contribution in [0.15, 0.2) is 65.8 Å². The maximum Gasteiger partial charge on any atom is 0.169 e. The van der Waals surface area contributed by atoms with Crippen LogP contribution in [0, 0.1) is 0 Å². The first-order valence-electron chi connectivity index (χ1n) is 9.02. The van der Waals surface area contributed by atoms with Crippen LogP contribution >= 0.6 is 0 Å². The summed E-state index contributed by atoms with van der Waals surface area (Å²) < 4.78 is 17.1. The molecule has 0 spiro atoms. The highest BCUT2D eigenvalue weighted by molar-refractivity contribution is 5.14. The van der Waals surface area contributed by atoms with Crippen LogP contribution in [0.5, 0.6) is 0 Å². The minimum atomic E-state index is -1.32. The maximum absolute atomic E-state index is 10.4. The first-order chi connectivity index (χ1) is 13.7. The molecular formula is C20H23N3O5. The molecule has 0 radical (unpaired) electrons. The highest BCUT2D eigenvalue weighted by atomic mass is 16.7. The number of benzene rings is 2. The molecule has 8 heteroatoms. The molecule has 1 aliphatic rings. The van der Waals surface area contributed by atoms with Gasteiger partial charge in [-0.2, -0.15) is 0 Å². The van der Waals surface area contributed by atoms with Crippen LogP contribution in [-0.4, -0.2) is 47.5 Å². The minimum absolute atomic E-state index is 0.0569. The van der Waals surface area contributed by atoms with Crippen LogP contribution < -0.4 is 0 Å². The third-order valence-electron chi connectivity index (χ3n) is 4.50. The molecule has 5 atom stereocenters. The average Bonchev–Trinajstić information content (AvgIpc) is 2.74. The number of hydrogen-bond acceptors (Lipinski definition) is 6. The van der Waals surface area contributed by atoms with E-state index in [9.17, 15) is 10.2 Å². The SMILES string of the molecule is [N-]=[N+]=NC1C(O)[C@H](O)C(COCc2ccccc2)O[C@H]1OCc1ccccc1. The fraction of sp³-hybridized carbons (Fsp3) is 0.400. The largest absolute Gasteiger partial charge is 0.390 e. The third-order valence-corrected chi connectivity index (χ3v) is 4.50. The molecule has 3 rings (SSSR count). The van der Waals surface area contributed by atoms with Gasteiger partial charge in [-0.15, -0.1) is 0 Å². The lowest BCUT2D eigenvalue weighted by molar-refractivity contribution is -0.271. The van der Waals surface area contributed by atoms with E-state index in [4.69, 9.17) is 19.7 Å². The Morgan fingerprint density at radius 3 is 2.14 bits per heavy atom. The molecule has 0 aliphatic carbocycles. The van der Waals surface area contributed by atoms with E-state index in [1.165, 1.54) is 0 Å². The number of rotatable bonds is 8. The van der Waals surface area contributed by atoms with Gasteiger partial charge in [0, 0.05) is 4.91 Å². The Hall–Kier alpha value is -2.45. The summed E-state index contributed by atoms with van der Waals surface area (Å²) in [6, 6.07) is 17.9. The van der Waals surface area contributed by atoms with Gasteiger partial charge in [-0.05, 0) is 16.7 Å². The number of ether oxygens (including phenoxy) is 3. The second-order valence-electron chi connectivity index (χ2n) is 6.52. The fourth-order valence-corrected chi connectivity index (χ4v) is 2.99. The standard InChI is InChI=1S/C20H23N3O5/c21-23-22-17-19(25)18(24)16(13-26-11-14-7-3-1-4-8-14)28-20(17)27-12-15-9-5-2-6-10-15/h1-10,16-20,24-25H,11-13H2/t16?,17?,18-,19?,20-/m1/s1. The van der Waals surface area contributed by atoms with Crippen LogP contribution in [0.3, 0.4) is 0 Å². The van der Waals surface area contributed by atoms with Gasteiger partial charge in [0.05, 0.1) is 25.9 Å². The van der Waals surface area contributed by atoms with Crippen molar-refractivity contribution in [2.45, 2.75) is 43.9 Å². The number of hydrogen-bond donors (Lipinski definition) is 2. The molecule has 8 nitrogen and oxygen atoms in total. The van der Waals surface area contributed by atoms with Crippen molar-refractivity contribution in [1.29, 1.82) is 0 Å². The second-order valence-corrected chi connectivity index (χ2v) is 6.52. The Morgan fingerprint density at radius 1 is 0.929 bits per heavy atom. The first-order valence-corrected chi connectivity index (χ1v) is 9.02. The Balaban J connectivity index is 1.62. The predicted octanol–water partition coefficient (Wildman–Crippen LogP) is 2.55. The van der Waals surface area contributed by atoms with E-state index in [1.54, 1.807) is 0 Å². The van der Waals surface area contributed by atoms with Crippen molar-refractivity contribution in [3.8, 4) is 0 Å². The van der Waals surface area contributed by atoms with Gasteiger partial charge >= 0.3 is 0 Å². The maximum atomic E-state index is 10.4. The normalized spacial score (nSPS) is 27.1. The van der Waals surface area contributed by atoms with Crippen molar-refractivity contribution in [3.05, 3.63) is 82.2 Å². The van der Waals surface area contributed by atoms with Gasteiger partial charge in [0.25, 0.3) is 0 Å². The highest BCUT2D eigenvalue weighted by Gasteiger charge is 2.44. The van der Waals surface area contributed by atoms with Crippen molar-refractivity contribution >= 4 is 0 Å². The minimum Gasteiger partial charge on any atom is -0.390 e. The Morgan fingerprint density at radius 2 is 1.54 bits per heavy atom. The summed E-state index contributed by atoms with van der Waals surface area (Å²) >= 11 is 0. The summed E-state index contributed by atoms with van der Waals surface area (Å²) in [6.45, 7) is 0.615. The molecule has 1 aliphatic heterocycles. The molecule has 28 heavy (non-hydrogen) atoms. The van der Waals surface area contributed by atoms with E-state index in [-0.39, 0.29) is 13.2 Å². The summed E-state index contributed by atoms with van der Waals surface area (Å²) in [6.07, 6.45) is -4.40. The number of azide groups is 1. The Bertz CT molecular complexity index is 770. The zero-order valence-corrected chi connectivity index (χ0v) is 15.2. The fourth-order valence-electron chi connectivity index (χ4n) is 2.99. The summed E-state index contributed by atoms with van der Waals surface area (Å²) in [5.74, 6) is 0. The van der Waals surface area contributed by atoms with E-state index in [0.29, 0.717) is 6.61 Å². The zero-order valence-electron chi connectivity index (χ0n) is 15.2. The van der Waals surface area contributed by atoms with Gasteiger partial charge in [-0.3, -0.25) is 0 Å². The van der Waals surface area contributed by atoms with Crippen molar-refractivity contribution in [2.75, 3.05) is 6.61 Å². The number of aliphatic hydroxyl groups is 2. The molecule has 0 saturated carbocycles. The van der Waals surface area contributed by atoms with E-state index in [1.807, 2.05) is 60.7 Å². The molecule has 0 aromatic heterocycles. The van der Waals surface area contributed by atoms with Crippen LogP contribution in [0.4, 0.5) is 0 Å². The lowest BCUT2D eigenvalue weighted by Gasteiger charge is -2.40. The molecule has 2 aromatic carbocycles. The summed E-state index contributed by atoms with van der Waals surface area (Å²) in [5, 5.41) is 24.3. The monoisotopic (exact) mass is 385 g/mol. The molecule has 148 valence electrons. The molecular weight excluding hydrogens is 362 g/mol. The van der Waals surface area contributed by atoms with Gasteiger partial charge in [0.2, 0.25) is 0 Å². The summed E-state index contributed by atoms with van der Waals surface area (Å²) in [7, 11) is 0. The van der Waals surface area contributed by atoms with Crippen molar-refractivity contribution in [1.82, 2.24) is 0 Å². The molecule has 0 bridgehead atoms. The molecule has 2 aromatic rings. The predicted molar refractivity (Wildman–Crippen MR) is 101 cm³/mol. The average molecular weight is 385 g/mol. The molecule has 2 N–H and O–H groups in total. The highest BCUT2D eigenvalue weighted by Crippen LogP contribution is 2.26. The molecule has 3 unspecified atom stereocenters. The van der Waals surface area contributed by atoms with E-state index < -0.39 is 30.6 Å². The molecule has 1 heterocycles. The van der Waals surface area contributed by atoms with Crippen molar-refractivity contribution in [3.63, 3.8) is 0 Å². The van der Waals surface area contributed by atoms with Crippen LogP contribution in [-0.2, 0) is 27.4 Å². The Labute approximate surface area is 162 Å². The zero-order chi connectivity index (χ0) is 19.8. The van der Waals surface area contributed by atoms with Crippen molar-refractivity contribution < 1.29 is 24.4 Å². The van der Waals surface area contributed by atoms with Crippen LogP contribution in [0.1, 0.15) is 11.1 Å². The third kappa shape index (κ3) is 5.30. The van der Waals surface area contributed by atoms with Gasteiger partial charge in [0.15, 0.2) is 6.29 Å². The lowest BCUT2D eigenvalue weighted by atomic mass is 9.97. The van der Waals surface area contributed by atoms with Crippen LogP contribution in [0.2, 0.25) is 0 Å². The smallest absolute Gasteiger partial charge is 0.169 e. The number of aliphatic hydroxyl groups excluding tert-OH is 2. The topological polar surface area (TPSA) is 117 Å². The first kappa shape index (κ1) is 20.3. The second kappa shape index (κ2) is 10.2. The van der Waals surface area contributed by atoms with Gasteiger partial charge < -0.3 is 24.4 Å². The van der Waals surface area contributed by atoms with Crippen LogP contribution in [0.25, 0.3) is 10.4 Å². The van der Waals surface area contributed by atoms with Gasteiger partial charge in [-0.1, -0.05) is 65.8 Å². The summed E-state index contributed by atoms with van der Waals surface area (Å²) in [4.78, 5) is 2.74. The molecule has 1 fully saturated rings. The van der Waals surface area contributed by atoms with Gasteiger partial charge in [0.1, 0.15) is 18.2 Å². The molecule has 1 saturated heterocycles. The van der Waals surface area contributed by atoms with E-state index in [0.717, 1.165) is 11.1 Å². The summed E-state index contributed by atoms with van der Waals surface area (Å²) in [5.41, 5.74) is 10.7.